The van der Waals surface area contributed by atoms with Crippen molar-refractivity contribution < 1.29 is 17.9 Å². The number of ether oxygens (including phenoxy) is 1. The van der Waals surface area contributed by atoms with Gasteiger partial charge in [-0.05, 0) is 42.0 Å². The minimum Gasteiger partial charge on any atom is -0.465 e. The number of carbonyl (C=O) groups excluding carboxylic acids is 1. The van der Waals surface area contributed by atoms with Crippen LogP contribution in [0, 0.1) is 0 Å². The van der Waals surface area contributed by atoms with Gasteiger partial charge in [0.15, 0.2) is 0 Å². The number of methoxy groups -OCH3 is 1. The molecule has 0 fully saturated rings. The van der Waals surface area contributed by atoms with E-state index in [4.69, 9.17) is 5.73 Å². The molecule has 0 saturated heterocycles. The van der Waals surface area contributed by atoms with Crippen LogP contribution in [0.1, 0.15) is 10.4 Å². The Morgan fingerprint density at radius 3 is 2.52 bits per heavy atom. The molecule has 0 radical (unpaired) electrons. The Morgan fingerprint density at radius 1 is 1.07 bits per heavy atom. The van der Waals surface area contributed by atoms with Crippen molar-refractivity contribution in [3.8, 4) is 11.1 Å². The molecule has 0 amide bonds. The Balaban J connectivity index is 1.89. The molecular weight excluding hydrogens is 366 g/mol. The Morgan fingerprint density at radius 2 is 1.85 bits per heavy atom. The van der Waals surface area contributed by atoms with E-state index in [0.717, 1.165) is 11.1 Å². The van der Waals surface area contributed by atoms with Crippen LogP contribution in [0.5, 0.6) is 0 Å². The molecule has 1 aromatic heterocycles. The van der Waals surface area contributed by atoms with Crippen molar-refractivity contribution in [3.05, 3.63) is 72.6 Å². The second-order valence-corrected chi connectivity index (χ2v) is 7.35. The van der Waals surface area contributed by atoms with Gasteiger partial charge in [0.05, 0.1) is 23.3 Å². The number of anilines is 2. The number of aromatic nitrogens is 1. The number of rotatable bonds is 5. The predicted molar refractivity (Wildman–Crippen MR) is 103 cm³/mol. The summed E-state index contributed by atoms with van der Waals surface area (Å²) in [5, 5.41) is 0. The van der Waals surface area contributed by atoms with Gasteiger partial charge < -0.3 is 10.5 Å². The van der Waals surface area contributed by atoms with Crippen LogP contribution in [0.25, 0.3) is 11.1 Å². The lowest BCUT2D eigenvalue weighted by molar-refractivity contribution is 0.0602. The van der Waals surface area contributed by atoms with E-state index >= 15 is 0 Å². The zero-order chi connectivity index (χ0) is 19.4. The molecule has 7 nitrogen and oxygen atoms in total. The van der Waals surface area contributed by atoms with Gasteiger partial charge in [-0.1, -0.05) is 18.2 Å². The van der Waals surface area contributed by atoms with Gasteiger partial charge in [-0.25, -0.2) is 13.2 Å². The maximum absolute atomic E-state index is 12.7. The van der Waals surface area contributed by atoms with Crippen molar-refractivity contribution in [2.75, 3.05) is 17.6 Å². The van der Waals surface area contributed by atoms with E-state index < -0.39 is 16.0 Å². The lowest BCUT2D eigenvalue weighted by Gasteiger charge is -2.11. The zero-order valence-electron chi connectivity index (χ0n) is 14.4. The number of carbonyl (C=O) groups is 1. The molecule has 2 aromatic carbocycles. The number of nitrogen functional groups attached to an aromatic ring is 1. The fourth-order valence-corrected chi connectivity index (χ4v) is 3.61. The molecule has 0 unspecified atom stereocenters. The first-order valence-electron chi connectivity index (χ1n) is 7.92. The average molecular weight is 383 g/mol. The van der Waals surface area contributed by atoms with E-state index in [1.54, 1.807) is 36.7 Å². The molecule has 138 valence electrons. The maximum Gasteiger partial charge on any atom is 0.339 e. The van der Waals surface area contributed by atoms with Crippen molar-refractivity contribution in [2.24, 2.45) is 0 Å². The van der Waals surface area contributed by atoms with Crippen molar-refractivity contribution >= 4 is 27.4 Å². The van der Waals surface area contributed by atoms with Crippen LogP contribution < -0.4 is 10.5 Å². The molecule has 0 saturated carbocycles. The second-order valence-electron chi connectivity index (χ2n) is 5.67. The second kappa shape index (κ2) is 7.46. The van der Waals surface area contributed by atoms with Gasteiger partial charge in [0.2, 0.25) is 0 Å². The van der Waals surface area contributed by atoms with Crippen LogP contribution >= 0.6 is 0 Å². The van der Waals surface area contributed by atoms with Gasteiger partial charge in [0.1, 0.15) is 0 Å². The van der Waals surface area contributed by atoms with Crippen molar-refractivity contribution in [2.45, 2.75) is 4.90 Å². The number of nitrogens with one attached hydrogen (secondary N) is 1. The Hall–Kier alpha value is -3.39. The largest absolute Gasteiger partial charge is 0.465 e. The van der Waals surface area contributed by atoms with Crippen molar-refractivity contribution in [3.63, 3.8) is 0 Å². The fraction of sp³-hybridized carbons (Fsp3) is 0.0526. The van der Waals surface area contributed by atoms with Crippen molar-refractivity contribution in [1.82, 2.24) is 4.98 Å². The minimum absolute atomic E-state index is 0.0967. The summed E-state index contributed by atoms with van der Waals surface area (Å²) in [5.74, 6) is -0.592. The molecule has 1 heterocycles. The molecule has 27 heavy (non-hydrogen) atoms. The highest BCUT2D eigenvalue weighted by molar-refractivity contribution is 7.92. The van der Waals surface area contributed by atoms with Gasteiger partial charge in [-0.3, -0.25) is 9.71 Å². The normalized spacial score (nSPS) is 11.0. The highest BCUT2D eigenvalue weighted by atomic mass is 32.2. The summed E-state index contributed by atoms with van der Waals surface area (Å²) in [6.45, 7) is 0. The average Bonchev–Trinajstić information content (AvgIpc) is 2.68. The van der Waals surface area contributed by atoms with E-state index in [1.165, 1.54) is 31.4 Å². The smallest absolute Gasteiger partial charge is 0.339 e. The first kappa shape index (κ1) is 18.4. The highest BCUT2D eigenvalue weighted by Gasteiger charge is 2.17. The summed E-state index contributed by atoms with van der Waals surface area (Å²) in [6, 6.07) is 14.4. The molecular formula is C19H17N3O4S. The van der Waals surface area contributed by atoms with Gasteiger partial charge in [-0.15, -0.1) is 0 Å². The standard InChI is InChI=1S/C19H17N3O4S/c1-26-19(23)17-8-7-15(11-18(17)20)22-27(24,25)16-6-2-4-13(10-16)14-5-3-9-21-12-14/h2-12,22H,20H2,1H3. The monoisotopic (exact) mass is 383 g/mol. The van der Waals surface area contributed by atoms with Gasteiger partial charge in [0, 0.05) is 23.6 Å². The van der Waals surface area contributed by atoms with Crippen LogP contribution in [0.2, 0.25) is 0 Å². The Kier molecular flexibility index (Phi) is 5.09. The molecule has 8 heteroatoms. The predicted octanol–water partition coefficient (Wildman–Crippen LogP) is 2.92. The van der Waals surface area contributed by atoms with Gasteiger partial charge >= 0.3 is 5.97 Å². The van der Waals surface area contributed by atoms with E-state index in [2.05, 4.69) is 14.4 Å². The third-order valence-corrected chi connectivity index (χ3v) is 5.23. The van der Waals surface area contributed by atoms with Crippen LogP contribution in [0.3, 0.4) is 0 Å². The van der Waals surface area contributed by atoms with Crippen LogP contribution in [-0.2, 0) is 14.8 Å². The number of hydrogen-bond acceptors (Lipinski definition) is 6. The highest BCUT2D eigenvalue weighted by Crippen LogP contribution is 2.25. The first-order chi connectivity index (χ1) is 12.9. The van der Waals surface area contributed by atoms with Crippen LogP contribution in [-0.4, -0.2) is 26.5 Å². The molecule has 0 aliphatic heterocycles. The number of hydrogen-bond donors (Lipinski definition) is 2. The SMILES string of the molecule is COC(=O)c1ccc(NS(=O)(=O)c2cccc(-c3cccnc3)c2)cc1N. The molecule has 0 spiro atoms. The lowest BCUT2D eigenvalue weighted by atomic mass is 10.1. The molecule has 3 N–H and O–H groups in total. The number of sulfonamides is 1. The Labute approximate surface area is 156 Å². The number of nitrogens with zero attached hydrogens (tertiary/aromatic N) is 1. The quantitative estimate of drug-likeness (QED) is 0.518. The number of nitrogens with two attached hydrogens (primary N) is 1. The third-order valence-electron chi connectivity index (χ3n) is 3.85. The summed E-state index contributed by atoms with van der Waals surface area (Å²) < 4.78 is 32.5. The summed E-state index contributed by atoms with van der Waals surface area (Å²) in [4.78, 5) is 15.7. The topological polar surface area (TPSA) is 111 Å². The number of benzene rings is 2. The van der Waals surface area contributed by atoms with E-state index in [0.29, 0.717) is 0 Å². The van der Waals surface area contributed by atoms with Crippen LogP contribution in [0.15, 0.2) is 71.9 Å². The van der Waals surface area contributed by atoms with Gasteiger partial charge in [-0.2, -0.15) is 0 Å². The lowest BCUT2D eigenvalue weighted by Crippen LogP contribution is -2.14. The summed E-state index contributed by atoms with van der Waals surface area (Å²) in [7, 11) is -2.60. The minimum atomic E-state index is -3.84. The number of esters is 1. The Bertz CT molecular complexity index is 1080. The molecule has 3 aromatic rings. The molecule has 0 atom stereocenters. The summed E-state index contributed by atoms with van der Waals surface area (Å²) in [6.07, 6.45) is 3.30. The van der Waals surface area contributed by atoms with Gasteiger partial charge in [0.25, 0.3) is 10.0 Å². The molecule has 0 bridgehead atoms. The molecule has 0 aliphatic rings. The fourth-order valence-electron chi connectivity index (χ4n) is 2.51. The molecule has 0 aliphatic carbocycles. The molecule has 3 rings (SSSR count). The first-order valence-corrected chi connectivity index (χ1v) is 9.40. The van der Waals surface area contributed by atoms with E-state index in [1.807, 2.05) is 6.07 Å². The summed E-state index contributed by atoms with van der Waals surface area (Å²) in [5.41, 5.74) is 7.87. The third kappa shape index (κ3) is 4.06. The maximum atomic E-state index is 12.7. The van der Waals surface area contributed by atoms with Crippen LogP contribution in [0.4, 0.5) is 11.4 Å². The van der Waals surface area contributed by atoms with Crippen molar-refractivity contribution in [1.29, 1.82) is 0 Å². The zero-order valence-corrected chi connectivity index (χ0v) is 15.2. The summed E-state index contributed by atoms with van der Waals surface area (Å²) >= 11 is 0. The van der Waals surface area contributed by atoms with E-state index in [9.17, 15) is 13.2 Å². The van der Waals surface area contributed by atoms with E-state index in [-0.39, 0.29) is 21.8 Å². The number of pyridine rings is 1.